The van der Waals surface area contributed by atoms with E-state index in [4.69, 9.17) is 28.5 Å². The van der Waals surface area contributed by atoms with E-state index in [2.05, 4.69) is 30.3 Å². The van der Waals surface area contributed by atoms with Crippen LogP contribution < -0.4 is 0 Å². The first-order valence-electron chi connectivity index (χ1n) is 7.08. The molecule has 0 bridgehead atoms. The standard InChI is InChI=1S/C18H15Cl2N/c19-15-6-3-14(4-7-15)18(9-1-11-21)10-8-13-2-5-16(20)12-17(13)18/h2-7,12H,1,8-10H2/t18-/m0/s1. The van der Waals surface area contributed by atoms with Gasteiger partial charge in [0, 0.05) is 21.9 Å². The second-order valence-corrected chi connectivity index (χ2v) is 6.42. The Morgan fingerprint density at radius 2 is 1.76 bits per heavy atom. The summed E-state index contributed by atoms with van der Waals surface area (Å²) in [6.07, 6.45) is 3.40. The van der Waals surface area contributed by atoms with E-state index in [1.54, 1.807) is 0 Å². The van der Waals surface area contributed by atoms with Gasteiger partial charge in [-0.25, -0.2) is 0 Å². The summed E-state index contributed by atoms with van der Waals surface area (Å²) >= 11 is 12.2. The smallest absolute Gasteiger partial charge is 0.0622 e. The highest BCUT2D eigenvalue weighted by Gasteiger charge is 2.39. The molecule has 0 unspecified atom stereocenters. The van der Waals surface area contributed by atoms with Crippen LogP contribution in [0.4, 0.5) is 0 Å². The van der Waals surface area contributed by atoms with Gasteiger partial charge in [-0.15, -0.1) is 0 Å². The largest absolute Gasteiger partial charge is 0.198 e. The van der Waals surface area contributed by atoms with Crippen molar-refractivity contribution in [3.63, 3.8) is 0 Å². The molecule has 1 aliphatic rings. The number of hydrogen-bond acceptors (Lipinski definition) is 1. The van der Waals surface area contributed by atoms with E-state index in [1.807, 2.05) is 18.2 Å². The molecule has 0 N–H and O–H groups in total. The lowest BCUT2D eigenvalue weighted by Crippen LogP contribution is -2.24. The molecular weight excluding hydrogens is 301 g/mol. The van der Waals surface area contributed by atoms with Gasteiger partial charge in [0.25, 0.3) is 0 Å². The maximum atomic E-state index is 9.04. The second-order valence-electron chi connectivity index (χ2n) is 5.55. The van der Waals surface area contributed by atoms with Crippen LogP contribution >= 0.6 is 23.2 Å². The van der Waals surface area contributed by atoms with Crippen LogP contribution in [-0.4, -0.2) is 0 Å². The number of nitriles is 1. The molecule has 0 aliphatic heterocycles. The van der Waals surface area contributed by atoms with E-state index in [0.717, 1.165) is 29.3 Å². The molecule has 3 rings (SSSR count). The Morgan fingerprint density at radius 3 is 2.48 bits per heavy atom. The van der Waals surface area contributed by atoms with E-state index in [0.29, 0.717) is 6.42 Å². The van der Waals surface area contributed by atoms with Gasteiger partial charge in [-0.1, -0.05) is 41.4 Å². The first kappa shape index (κ1) is 14.4. The fourth-order valence-corrected chi connectivity index (χ4v) is 3.74. The molecule has 2 aromatic rings. The third-order valence-electron chi connectivity index (χ3n) is 4.47. The lowest BCUT2D eigenvalue weighted by molar-refractivity contribution is 0.476. The summed E-state index contributed by atoms with van der Waals surface area (Å²) < 4.78 is 0. The highest BCUT2D eigenvalue weighted by molar-refractivity contribution is 6.31. The number of benzene rings is 2. The monoisotopic (exact) mass is 315 g/mol. The lowest BCUT2D eigenvalue weighted by Gasteiger charge is -2.31. The second kappa shape index (κ2) is 5.72. The van der Waals surface area contributed by atoms with Crippen molar-refractivity contribution in [2.75, 3.05) is 0 Å². The molecule has 1 aliphatic carbocycles. The molecule has 0 radical (unpaired) electrons. The minimum absolute atomic E-state index is 0.111. The van der Waals surface area contributed by atoms with Crippen molar-refractivity contribution in [3.05, 3.63) is 69.2 Å². The molecule has 2 aromatic carbocycles. The van der Waals surface area contributed by atoms with Gasteiger partial charge in [0.2, 0.25) is 0 Å². The van der Waals surface area contributed by atoms with Crippen molar-refractivity contribution in [3.8, 4) is 6.07 Å². The lowest BCUT2D eigenvalue weighted by atomic mass is 9.72. The summed E-state index contributed by atoms with van der Waals surface area (Å²) in [5.74, 6) is 0. The molecular formula is C18H15Cl2N. The topological polar surface area (TPSA) is 23.8 Å². The van der Waals surface area contributed by atoms with Gasteiger partial charge in [0.05, 0.1) is 6.07 Å². The van der Waals surface area contributed by atoms with Gasteiger partial charge in [-0.3, -0.25) is 0 Å². The molecule has 0 amide bonds. The molecule has 3 heteroatoms. The maximum Gasteiger partial charge on any atom is 0.0622 e. The molecule has 21 heavy (non-hydrogen) atoms. The molecule has 0 saturated carbocycles. The molecule has 0 saturated heterocycles. The third-order valence-corrected chi connectivity index (χ3v) is 4.96. The van der Waals surface area contributed by atoms with E-state index < -0.39 is 0 Å². The predicted molar refractivity (Wildman–Crippen MR) is 86.9 cm³/mol. The van der Waals surface area contributed by atoms with Crippen LogP contribution in [0.25, 0.3) is 0 Å². The summed E-state index contributed by atoms with van der Waals surface area (Å²) in [4.78, 5) is 0. The Morgan fingerprint density at radius 1 is 1.05 bits per heavy atom. The Bertz CT molecular complexity index is 700. The quantitative estimate of drug-likeness (QED) is 0.730. The Labute approximate surface area is 135 Å². The number of rotatable bonds is 3. The number of fused-ring (bicyclic) bond motifs is 1. The summed E-state index contributed by atoms with van der Waals surface area (Å²) in [5.41, 5.74) is 3.73. The number of aryl methyl sites for hydroxylation is 1. The fraction of sp³-hybridized carbons (Fsp3) is 0.278. The fourth-order valence-electron chi connectivity index (χ4n) is 3.44. The average molecular weight is 316 g/mol. The molecule has 1 atom stereocenters. The Hall–Kier alpha value is -1.49. The number of halogens is 2. The van der Waals surface area contributed by atoms with Crippen LogP contribution in [0.1, 0.15) is 36.0 Å². The van der Waals surface area contributed by atoms with Crippen molar-refractivity contribution >= 4 is 23.2 Å². The van der Waals surface area contributed by atoms with E-state index in [1.165, 1.54) is 16.7 Å². The van der Waals surface area contributed by atoms with Crippen LogP contribution in [0.5, 0.6) is 0 Å². The SMILES string of the molecule is N#CCC[C@@]1(c2ccc(Cl)cc2)CCc2ccc(Cl)cc21. The summed E-state index contributed by atoms with van der Waals surface area (Å²) in [6, 6.07) is 16.4. The highest BCUT2D eigenvalue weighted by atomic mass is 35.5. The van der Waals surface area contributed by atoms with Crippen LogP contribution in [-0.2, 0) is 11.8 Å². The van der Waals surface area contributed by atoms with Crippen LogP contribution in [0.3, 0.4) is 0 Å². The summed E-state index contributed by atoms with van der Waals surface area (Å²) in [5, 5.41) is 10.5. The van der Waals surface area contributed by atoms with Gasteiger partial charge in [0.1, 0.15) is 0 Å². The van der Waals surface area contributed by atoms with Gasteiger partial charge >= 0.3 is 0 Å². The molecule has 1 nitrogen and oxygen atoms in total. The zero-order chi connectivity index (χ0) is 14.9. The maximum absolute atomic E-state index is 9.04. The first-order valence-corrected chi connectivity index (χ1v) is 7.83. The van der Waals surface area contributed by atoms with Gasteiger partial charge in [0.15, 0.2) is 0 Å². The van der Waals surface area contributed by atoms with Crippen LogP contribution in [0.15, 0.2) is 42.5 Å². The van der Waals surface area contributed by atoms with E-state index in [-0.39, 0.29) is 5.41 Å². The Balaban J connectivity index is 2.14. The average Bonchev–Trinajstić information content (AvgIpc) is 2.85. The molecule has 106 valence electrons. The van der Waals surface area contributed by atoms with Crippen molar-refractivity contribution in [2.45, 2.75) is 31.1 Å². The van der Waals surface area contributed by atoms with Crippen molar-refractivity contribution in [1.82, 2.24) is 0 Å². The van der Waals surface area contributed by atoms with E-state index >= 15 is 0 Å². The van der Waals surface area contributed by atoms with Crippen molar-refractivity contribution < 1.29 is 0 Å². The van der Waals surface area contributed by atoms with Gasteiger partial charge in [-0.05, 0) is 60.2 Å². The number of nitrogens with zero attached hydrogens (tertiary/aromatic N) is 1. The van der Waals surface area contributed by atoms with E-state index in [9.17, 15) is 0 Å². The summed E-state index contributed by atoms with van der Waals surface area (Å²) in [7, 11) is 0. The van der Waals surface area contributed by atoms with Crippen molar-refractivity contribution in [1.29, 1.82) is 5.26 Å². The van der Waals surface area contributed by atoms with Gasteiger partial charge < -0.3 is 0 Å². The highest BCUT2D eigenvalue weighted by Crippen LogP contribution is 2.48. The van der Waals surface area contributed by atoms with Gasteiger partial charge in [-0.2, -0.15) is 5.26 Å². The Kier molecular flexibility index (Phi) is 3.93. The van der Waals surface area contributed by atoms with Crippen LogP contribution in [0, 0.1) is 11.3 Å². The molecule has 0 heterocycles. The van der Waals surface area contributed by atoms with Crippen molar-refractivity contribution in [2.24, 2.45) is 0 Å². The third kappa shape index (κ3) is 2.55. The first-order chi connectivity index (χ1) is 10.2. The zero-order valence-electron chi connectivity index (χ0n) is 11.6. The normalized spacial score (nSPS) is 20.0. The minimum atomic E-state index is -0.111. The van der Waals surface area contributed by atoms with Crippen LogP contribution in [0.2, 0.25) is 10.0 Å². The molecule has 0 aromatic heterocycles. The predicted octanol–water partition coefficient (Wildman–Crippen LogP) is 5.53. The molecule has 0 fully saturated rings. The number of hydrogen-bond donors (Lipinski definition) is 0. The summed E-state index contributed by atoms with van der Waals surface area (Å²) in [6.45, 7) is 0. The zero-order valence-corrected chi connectivity index (χ0v) is 13.1. The minimum Gasteiger partial charge on any atom is -0.198 e. The molecule has 0 spiro atoms.